The first-order valence-corrected chi connectivity index (χ1v) is 8.67. The van der Waals surface area contributed by atoms with Crippen molar-refractivity contribution in [3.8, 4) is 0 Å². The van der Waals surface area contributed by atoms with Crippen molar-refractivity contribution in [3.05, 3.63) is 28.4 Å². The number of aryl methyl sites for hydroxylation is 1. The topological polar surface area (TPSA) is 76.8 Å². The molecule has 0 amide bonds. The lowest BCUT2D eigenvalue weighted by atomic mass is 9.95. The highest BCUT2D eigenvalue weighted by Gasteiger charge is 2.33. The van der Waals surface area contributed by atoms with Crippen molar-refractivity contribution in [2.75, 3.05) is 46.1 Å². The van der Waals surface area contributed by atoms with Crippen LogP contribution in [-0.2, 0) is 16.0 Å². The zero-order chi connectivity index (χ0) is 17.0. The molecule has 0 radical (unpaired) electrons. The van der Waals surface area contributed by atoms with Gasteiger partial charge in [-0.1, -0.05) is 0 Å². The van der Waals surface area contributed by atoms with Gasteiger partial charge in [-0.3, -0.25) is 9.36 Å². The summed E-state index contributed by atoms with van der Waals surface area (Å²) in [7, 11) is 0. The van der Waals surface area contributed by atoms with Gasteiger partial charge < -0.3 is 19.5 Å². The minimum absolute atomic E-state index is 0.0505. The largest absolute Gasteiger partial charge is 0.384 e. The molecule has 3 heterocycles. The minimum Gasteiger partial charge on any atom is -0.384 e. The Morgan fingerprint density at radius 2 is 1.96 bits per heavy atom. The lowest BCUT2D eigenvalue weighted by Gasteiger charge is -2.37. The Balaban J connectivity index is 1.50. The van der Waals surface area contributed by atoms with E-state index in [0.717, 1.165) is 32.5 Å². The molecule has 1 aromatic rings. The van der Waals surface area contributed by atoms with Crippen molar-refractivity contribution in [2.45, 2.75) is 31.9 Å². The Labute approximate surface area is 142 Å². The van der Waals surface area contributed by atoms with E-state index in [2.05, 4.69) is 9.88 Å². The second-order valence-electron chi connectivity index (χ2n) is 7.08. The second kappa shape index (κ2) is 7.74. The molecule has 1 N–H and O–H groups in total. The number of aliphatic hydroxyl groups is 1. The van der Waals surface area contributed by atoms with Crippen LogP contribution in [0.5, 0.6) is 0 Å². The van der Waals surface area contributed by atoms with Crippen LogP contribution in [0.15, 0.2) is 17.3 Å². The predicted octanol–water partition coefficient (Wildman–Crippen LogP) is 0.0416. The summed E-state index contributed by atoms with van der Waals surface area (Å²) in [6.45, 7) is 6.68. The van der Waals surface area contributed by atoms with Crippen LogP contribution in [0.2, 0.25) is 0 Å². The molecule has 0 saturated carbocycles. The fraction of sp³-hybridized carbons (Fsp3) is 0.765. The maximum Gasteiger partial charge on any atom is 0.256 e. The molecule has 7 nitrogen and oxygen atoms in total. The molecule has 3 rings (SSSR count). The van der Waals surface area contributed by atoms with E-state index in [-0.39, 0.29) is 5.56 Å². The fourth-order valence-corrected chi connectivity index (χ4v) is 3.49. The third kappa shape index (κ3) is 4.42. The average molecular weight is 337 g/mol. The maximum atomic E-state index is 12.1. The Kier molecular flexibility index (Phi) is 5.65. The van der Waals surface area contributed by atoms with Crippen molar-refractivity contribution >= 4 is 0 Å². The van der Waals surface area contributed by atoms with Crippen LogP contribution in [0.25, 0.3) is 0 Å². The number of piperidine rings is 1. The van der Waals surface area contributed by atoms with Gasteiger partial charge >= 0.3 is 0 Å². The number of hydrogen-bond donors (Lipinski definition) is 1. The number of ether oxygens (including phenoxy) is 2. The number of rotatable bonds is 4. The molecule has 0 aliphatic carbocycles. The molecule has 134 valence electrons. The highest BCUT2D eigenvalue weighted by Crippen LogP contribution is 2.21. The van der Waals surface area contributed by atoms with Gasteiger partial charge in [0.05, 0.1) is 32.8 Å². The van der Waals surface area contributed by atoms with Gasteiger partial charge in [0.25, 0.3) is 5.56 Å². The van der Waals surface area contributed by atoms with Gasteiger partial charge in [-0.25, -0.2) is 4.98 Å². The van der Waals surface area contributed by atoms with Crippen molar-refractivity contribution in [1.29, 1.82) is 0 Å². The molecule has 0 aromatic carbocycles. The van der Waals surface area contributed by atoms with Crippen molar-refractivity contribution < 1.29 is 14.6 Å². The number of nitrogens with zero attached hydrogens (tertiary/aromatic N) is 3. The van der Waals surface area contributed by atoms with Crippen LogP contribution in [0.1, 0.15) is 18.4 Å². The van der Waals surface area contributed by atoms with Crippen LogP contribution in [0.4, 0.5) is 0 Å². The number of β-amino-alcohol motifs (C(OH)–C–C–N with tert-alkyl or cyclic N) is 1. The summed E-state index contributed by atoms with van der Waals surface area (Å²) in [5.41, 5.74) is -0.180. The molecule has 0 unspecified atom stereocenters. The first kappa shape index (κ1) is 17.5. The van der Waals surface area contributed by atoms with Gasteiger partial charge in [-0.2, -0.15) is 0 Å². The average Bonchev–Trinajstić information content (AvgIpc) is 2.78. The molecule has 0 atom stereocenters. The summed E-state index contributed by atoms with van der Waals surface area (Å²) in [6, 6.07) is 0. The van der Waals surface area contributed by atoms with E-state index < -0.39 is 5.60 Å². The van der Waals surface area contributed by atoms with E-state index in [4.69, 9.17) is 9.47 Å². The number of likely N-dealkylation sites (tertiary alicyclic amines) is 1. The molecule has 0 spiro atoms. The Morgan fingerprint density at radius 1 is 1.29 bits per heavy atom. The maximum absolute atomic E-state index is 12.1. The molecule has 2 aliphatic rings. The molecule has 24 heavy (non-hydrogen) atoms. The summed E-state index contributed by atoms with van der Waals surface area (Å²) in [6.07, 6.45) is 5.26. The van der Waals surface area contributed by atoms with Crippen LogP contribution in [-0.4, -0.2) is 71.2 Å². The van der Waals surface area contributed by atoms with Gasteiger partial charge in [0.2, 0.25) is 0 Å². The van der Waals surface area contributed by atoms with Gasteiger partial charge in [-0.15, -0.1) is 0 Å². The van der Waals surface area contributed by atoms with Crippen molar-refractivity contribution in [3.63, 3.8) is 0 Å². The minimum atomic E-state index is -0.916. The van der Waals surface area contributed by atoms with Crippen LogP contribution in [0.3, 0.4) is 0 Å². The molecular formula is C17H27N3O4. The second-order valence-corrected chi connectivity index (χ2v) is 7.08. The Hall–Kier alpha value is -1.28. The van der Waals surface area contributed by atoms with E-state index in [9.17, 15) is 9.90 Å². The molecule has 1 aromatic heterocycles. The lowest BCUT2D eigenvalue weighted by molar-refractivity contribution is -0.0780. The summed E-state index contributed by atoms with van der Waals surface area (Å²) < 4.78 is 12.6. The van der Waals surface area contributed by atoms with Gasteiger partial charge in [0.1, 0.15) is 5.60 Å². The lowest BCUT2D eigenvalue weighted by Crippen LogP contribution is -2.51. The summed E-state index contributed by atoms with van der Waals surface area (Å²) >= 11 is 0. The zero-order valence-electron chi connectivity index (χ0n) is 14.3. The Bertz CT molecular complexity index is 588. The van der Waals surface area contributed by atoms with Crippen molar-refractivity contribution in [2.24, 2.45) is 5.92 Å². The molecule has 0 bridgehead atoms. The summed E-state index contributed by atoms with van der Waals surface area (Å²) in [5, 5.41) is 10.6. The number of aromatic nitrogens is 2. The quantitative estimate of drug-likeness (QED) is 0.836. The van der Waals surface area contributed by atoms with Gasteiger partial charge in [0, 0.05) is 24.8 Å². The number of hydrogen-bond acceptors (Lipinski definition) is 6. The summed E-state index contributed by atoms with van der Waals surface area (Å²) in [4.78, 5) is 18.5. The van der Waals surface area contributed by atoms with E-state index >= 15 is 0 Å². The Morgan fingerprint density at radius 3 is 2.62 bits per heavy atom. The van der Waals surface area contributed by atoms with E-state index in [1.165, 1.54) is 0 Å². The smallest absolute Gasteiger partial charge is 0.256 e. The molecular weight excluding hydrogens is 310 g/mol. The molecule has 7 heteroatoms. The predicted molar refractivity (Wildman–Crippen MR) is 89.0 cm³/mol. The third-order valence-corrected chi connectivity index (χ3v) is 4.87. The van der Waals surface area contributed by atoms with E-state index in [1.54, 1.807) is 24.0 Å². The third-order valence-electron chi connectivity index (χ3n) is 4.87. The van der Waals surface area contributed by atoms with Gasteiger partial charge in [-0.05, 0) is 38.8 Å². The van der Waals surface area contributed by atoms with Crippen LogP contribution in [0, 0.1) is 12.8 Å². The highest BCUT2D eigenvalue weighted by atomic mass is 16.6. The van der Waals surface area contributed by atoms with Crippen LogP contribution >= 0.6 is 0 Å². The molecule has 2 fully saturated rings. The normalized spacial score (nSPS) is 23.1. The SMILES string of the molecule is Cc1cncn(CC2CCN(CC3(O)COCCOC3)CC2)c1=O. The summed E-state index contributed by atoms with van der Waals surface area (Å²) in [5.74, 6) is 0.471. The van der Waals surface area contributed by atoms with Gasteiger partial charge in [0.15, 0.2) is 0 Å². The van der Waals surface area contributed by atoms with E-state index in [1.807, 2.05) is 0 Å². The standard InChI is InChI=1S/C17H27N3O4/c1-14-8-18-13-20(16(14)21)9-15-2-4-19(5-3-15)10-17(22)11-23-6-7-24-12-17/h8,13,15,22H,2-7,9-12H2,1H3. The monoisotopic (exact) mass is 337 g/mol. The highest BCUT2D eigenvalue weighted by molar-refractivity contribution is 5.00. The first-order valence-electron chi connectivity index (χ1n) is 8.67. The fourth-order valence-electron chi connectivity index (χ4n) is 3.49. The molecule has 2 aliphatic heterocycles. The van der Waals surface area contributed by atoms with E-state index in [0.29, 0.717) is 44.5 Å². The van der Waals surface area contributed by atoms with Crippen molar-refractivity contribution in [1.82, 2.24) is 14.5 Å². The molecule has 2 saturated heterocycles. The first-order chi connectivity index (χ1) is 11.6. The van der Waals surface area contributed by atoms with Crippen LogP contribution < -0.4 is 5.56 Å². The zero-order valence-corrected chi connectivity index (χ0v) is 14.3.